The summed E-state index contributed by atoms with van der Waals surface area (Å²) in [6.07, 6.45) is 7.85. The molecule has 0 aromatic heterocycles. The summed E-state index contributed by atoms with van der Waals surface area (Å²) in [6.45, 7) is 0.661. The smallest absolute Gasteiger partial charge is 0.0834 e. The van der Waals surface area contributed by atoms with Crippen molar-refractivity contribution >= 4 is 6.08 Å². The van der Waals surface area contributed by atoms with E-state index in [1.165, 1.54) is 11.1 Å². The topological polar surface area (TPSA) is 9.23 Å². The number of hydrogen-bond acceptors (Lipinski definition) is 1. The van der Waals surface area contributed by atoms with Crippen LogP contribution < -0.4 is 0 Å². The lowest BCUT2D eigenvalue weighted by Gasteiger charge is -2.21. The third-order valence-electron chi connectivity index (χ3n) is 2.70. The number of fused-ring (bicyclic) bond motifs is 3. The lowest BCUT2D eigenvalue weighted by Crippen LogP contribution is -2.15. The van der Waals surface area contributed by atoms with E-state index in [0.717, 1.165) is 0 Å². The first-order chi connectivity index (χ1) is 6.45. The van der Waals surface area contributed by atoms with E-state index in [1.54, 1.807) is 0 Å². The lowest BCUT2D eigenvalue weighted by molar-refractivity contribution is 0.141. The first-order valence-corrected chi connectivity index (χ1v) is 4.57. The summed E-state index contributed by atoms with van der Waals surface area (Å²) in [5.41, 5.74) is 2.66. The molecule has 1 nitrogen and oxygen atoms in total. The van der Waals surface area contributed by atoms with Crippen LogP contribution in [0.15, 0.2) is 30.3 Å². The van der Waals surface area contributed by atoms with Crippen LogP contribution in [0, 0.1) is 6.42 Å². The standard InChI is InChI=1S/C12H10O/c1-2-4-10-9(3-1)5-6-12-11(10)7-8-13-12/h1-6,11-12H,8H2. The van der Waals surface area contributed by atoms with Crippen LogP contribution in [0.1, 0.15) is 17.0 Å². The quantitative estimate of drug-likeness (QED) is 0.580. The molecule has 0 amide bonds. The highest BCUT2D eigenvalue weighted by Crippen LogP contribution is 2.37. The predicted octanol–water partition coefficient (Wildman–Crippen LogP) is 2.28. The molecule has 13 heavy (non-hydrogen) atoms. The Balaban J connectivity index is 2.13. The van der Waals surface area contributed by atoms with Crippen LogP contribution >= 0.6 is 0 Å². The molecular weight excluding hydrogens is 160 g/mol. The minimum atomic E-state index is 0.231. The van der Waals surface area contributed by atoms with E-state index in [2.05, 4.69) is 42.8 Å². The second-order valence-electron chi connectivity index (χ2n) is 3.45. The maximum absolute atomic E-state index is 5.52. The van der Waals surface area contributed by atoms with Gasteiger partial charge in [-0.1, -0.05) is 36.4 Å². The van der Waals surface area contributed by atoms with Gasteiger partial charge in [-0.15, -0.1) is 0 Å². The van der Waals surface area contributed by atoms with Crippen LogP contribution in [-0.4, -0.2) is 12.7 Å². The maximum atomic E-state index is 5.52. The van der Waals surface area contributed by atoms with Gasteiger partial charge in [-0.2, -0.15) is 0 Å². The Morgan fingerprint density at radius 1 is 1.31 bits per heavy atom. The first kappa shape index (κ1) is 7.34. The summed E-state index contributed by atoms with van der Waals surface area (Å²) in [5, 5.41) is 0. The van der Waals surface area contributed by atoms with Crippen LogP contribution in [0.25, 0.3) is 6.08 Å². The molecule has 1 aromatic carbocycles. The second-order valence-corrected chi connectivity index (χ2v) is 3.45. The van der Waals surface area contributed by atoms with Gasteiger partial charge in [0, 0.05) is 12.3 Å². The van der Waals surface area contributed by atoms with Gasteiger partial charge in [0.2, 0.25) is 0 Å². The molecule has 1 aromatic rings. The molecule has 1 saturated heterocycles. The average Bonchev–Trinajstić information content (AvgIpc) is 2.65. The molecule has 0 bridgehead atoms. The Morgan fingerprint density at radius 2 is 2.23 bits per heavy atom. The minimum Gasteiger partial charge on any atom is -0.373 e. The van der Waals surface area contributed by atoms with Gasteiger partial charge in [0.1, 0.15) is 0 Å². The van der Waals surface area contributed by atoms with Crippen molar-refractivity contribution in [1.82, 2.24) is 0 Å². The fourth-order valence-electron chi connectivity index (χ4n) is 2.04. The van der Waals surface area contributed by atoms with Crippen molar-refractivity contribution in [2.24, 2.45) is 0 Å². The molecule has 1 heterocycles. The molecule has 3 rings (SSSR count). The van der Waals surface area contributed by atoms with E-state index in [9.17, 15) is 0 Å². The Bertz CT molecular complexity index is 354. The fraction of sp³-hybridized carbons (Fsp3) is 0.250. The summed E-state index contributed by atoms with van der Waals surface area (Å²) >= 11 is 0. The average molecular weight is 170 g/mol. The highest BCUT2D eigenvalue weighted by Gasteiger charge is 2.31. The molecule has 0 N–H and O–H groups in total. The van der Waals surface area contributed by atoms with Gasteiger partial charge in [-0.3, -0.25) is 0 Å². The zero-order valence-electron chi connectivity index (χ0n) is 7.23. The molecule has 2 unspecified atom stereocenters. The van der Waals surface area contributed by atoms with Crippen LogP contribution in [0.2, 0.25) is 0 Å². The molecule has 2 atom stereocenters. The highest BCUT2D eigenvalue weighted by atomic mass is 16.5. The molecule has 0 saturated carbocycles. The largest absolute Gasteiger partial charge is 0.373 e. The molecule has 64 valence electrons. The summed E-state index contributed by atoms with van der Waals surface area (Å²) < 4.78 is 5.52. The third kappa shape index (κ3) is 1.04. The Morgan fingerprint density at radius 3 is 3.23 bits per heavy atom. The molecule has 1 aliphatic heterocycles. The SMILES string of the molecule is [C]1COC2C=Cc3ccccc3C12. The van der Waals surface area contributed by atoms with Gasteiger partial charge in [0.25, 0.3) is 0 Å². The Labute approximate surface area is 78.0 Å². The zero-order chi connectivity index (χ0) is 8.67. The molecule has 2 radical (unpaired) electrons. The molecule has 1 aliphatic carbocycles. The van der Waals surface area contributed by atoms with E-state index in [4.69, 9.17) is 4.74 Å². The van der Waals surface area contributed by atoms with Crippen molar-refractivity contribution in [1.29, 1.82) is 0 Å². The van der Waals surface area contributed by atoms with Gasteiger partial charge < -0.3 is 4.74 Å². The summed E-state index contributed by atoms with van der Waals surface area (Å²) in [6, 6.07) is 8.45. The monoisotopic (exact) mass is 170 g/mol. The Hall–Kier alpha value is -1.08. The van der Waals surface area contributed by atoms with Gasteiger partial charge >= 0.3 is 0 Å². The summed E-state index contributed by atoms with van der Waals surface area (Å²) in [5.74, 6) is 0.362. The van der Waals surface area contributed by atoms with Crippen LogP contribution in [-0.2, 0) is 4.74 Å². The van der Waals surface area contributed by atoms with E-state index in [0.29, 0.717) is 12.5 Å². The van der Waals surface area contributed by atoms with Crippen molar-refractivity contribution in [3.63, 3.8) is 0 Å². The van der Waals surface area contributed by atoms with Crippen molar-refractivity contribution in [3.05, 3.63) is 47.9 Å². The van der Waals surface area contributed by atoms with Crippen molar-refractivity contribution in [2.45, 2.75) is 12.0 Å². The molecular formula is C12H10O. The number of hydrogen-bond donors (Lipinski definition) is 0. The number of rotatable bonds is 0. The normalized spacial score (nSPS) is 29.8. The van der Waals surface area contributed by atoms with Gasteiger partial charge in [0.05, 0.1) is 12.7 Å². The van der Waals surface area contributed by atoms with Gasteiger partial charge in [0.15, 0.2) is 0 Å². The molecule has 1 fully saturated rings. The van der Waals surface area contributed by atoms with E-state index in [1.807, 2.05) is 0 Å². The molecule has 2 aliphatic rings. The fourth-order valence-corrected chi connectivity index (χ4v) is 2.04. The molecule has 1 heteroatoms. The third-order valence-corrected chi connectivity index (χ3v) is 2.70. The number of benzene rings is 1. The van der Waals surface area contributed by atoms with Crippen LogP contribution in [0.4, 0.5) is 0 Å². The second kappa shape index (κ2) is 2.71. The van der Waals surface area contributed by atoms with E-state index >= 15 is 0 Å². The predicted molar refractivity (Wildman–Crippen MR) is 51.2 cm³/mol. The highest BCUT2D eigenvalue weighted by molar-refractivity contribution is 5.60. The van der Waals surface area contributed by atoms with Crippen molar-refractivity contribution in [3.8, 4) is 0 Å². The van der Waals surface area contributed by atoms with Crippen molar-refractivity contribution in [2.75, 3.05) is 6.61 Å². The van der Waals surface area contributed by atoms with Crippen molar-refractivity contribution < 1.29 is 4.74 Å². The minimum absolute atomic E-state index is 0.231. The lowest BCUT2D eigenvalue weighted by atomic mass is 9.85. The summed E-state index contributed by atoms with van der Waals surface area (Å²) in [7, 11) is 0. The van der Waals surface area contributed by atoms with Crippen LogP contribution in [0.3, 0.4) is 0 Å². The van der Waals surface area contributed by atoms with Crippen LogP contribution in [0.5, 0.6) is 0 Å². The number of ether oxygens (including phenoxy) is 1. The first-order valence-electron chi connectivity index (χ1n) is 4.57. The van der Waals surface area contributed by atoms with Gasteiger partial charge in [-0.25, -0.2) is 0 Å². The Kier molecular flexibility index (Phi) is 1.53. The van der Waals surface area contributed by atoms with E-state index in [-0.39, 0.29) is 6.10 Å². The summed E-state index contributed by atoms with van der Waals surface area (Å²) in [4.78, 5) is 0. The molecule has 0 spiro atoms. The zero-order valence-corrected chi connectivity index (χ0v) is 7.23. The van der Waals surface area contributed by atoms with Gasteiger partial charge in [-0.05, 0) is 11.1 Å². The maximum Gasteiger partial charge on any atom is 0.0834 e. The van der Waals surface area contributed by atoms with E-state index < -0.39 is 0 Å².